The highest BCUT2D eigenvalue weighted by atomic mass is 35.5. The zero-order chi connectivity index (χ0) is 20.8. The van der Waals surface area contributed by atoms with E-state index in [0.29, 0.717) is 28.2 Å². The van der Waals surface area contributed by atoms with Gasteiger partial charge in [-0.25, -0.2) is 0 Å². The summed E-state index contributed by atoms with van der Waals surface area (Å²) in [4.78, 5) is 12.4. The molecule has 150 valence electrons. The lowest BCUT2D eigenvalue weighted by Crippen LogP contribution is -2.16. The smallest absolute Gasteiger partial charge is 0.234 e. The van der Waals surface area contributed by atoms with Crippen molar-refractivity contribution in [2.45, 2.75) is 24.7 Å². The van der Waals surface area contributed by atoms with Crippen LogP contribution in [0.2, 0.25) is 5.02 Å². The number of aromatic nitrogens is 3. The molecule has 2 aromatic carbocycles. The molecule has 3 rings (SSSR count). The van der Waals surface area contributed by atoms with Gasteiger partial charge in [0.25, 0.3) is 0 Å². The van der Waals surface area contributed by atoms with Crippen LogP contribution in [-0.2, 0) is 11.3 Å². The van der Waals surface area contributed by atoms with E-state index in [1.807, 2.05) is 37.3 Å². The van der Waals surface area contributed by atoms with Crippen molar-refractivity contribution in [3.63, 3.8) is 0 Å². The second-order valence-electron chi connectivity index (χ2n) is 6.30. The maximum atomic E-state index is 12.4. The molecule has 1 amide bonds. The average Bonchev–Trinajstić information content (AvgIpc) is 3.13. The summed E-state index contributed by atoms with van der Waals surface area (Å²) in [5, 5.41) is 23.0. The summed E-state index contributed by atoms with van der Waals surface area (Å²) >= 11 is 7.34. The number of nitrogens with one attached hydrogen (secondary N) is 1. The highest BCUT2D eigenvalue weighted by Gasteiger charge is 2.21. The van der Waals surface area contributed by atoms with Gasteiger partial charge in [0.2, 0.25) is 5.91 Å². The largest absolute Gasteiger partial charge is 0.380 e. The number of rotatable bonds is 8. The number of halogens is 1. The highest BCUT2D eigenvalue weighted by molar-refractivity contribution is 7.99. The van der Waals surface area contributed by atoms with Crippen LogP contribution in [0.4, 0.5) is 5.69 Å². The van der Waals surface area contributed by atoms with E-state index in [1.54, 1.807) is 28.8 Å². The molecule has 8 heteroatoms. The molecule has 1 unspecified atom stereocenters. The molecule has 0 fully saturated rings. The minimum absolute atomic E-state index is 0.142. The number of nitrogens with zero attached hydrogens (tertiary/aromatic N) is 3. The van der Waals surface area contributed by atoms with Gasteiger partial charge in [-0.05, 0) is 30.2 Å². The topological polar surface area (TPSA) is 80.0 Å². The normalized spacial score (nSPS) is 11.8. The number of aliphatic hydroxyl groups excluding tert-OH is 1. The molecule has 0 saturated carbocycles. The fourth-order valence-corrected chi connectivity index (χ4v) is 3.68. The van der Waals surface area contributed by atoms with Gasteiger partial charge in [0.1, 0.15) is 6.10 Å². The van der Waals surface area contributed by atoms with E-state index in [0.717, 1.165) is 11.1 Å². The number of thioether (sulfide) groups is 1. The molecule has 0 radical (unpaired) electrons. The van der Waals surface area contributed by atoms with E-state index in [4.69, 9.17) is 11.6 Å². The first-order chi connectivity index (χ1) is 14.0. The first kappa shape index (κ1) is 21.1. The molecule has 0 aliphatic rings. The summed E-state index contributed by atoms with van der Waals surface area (Å²) in [6.07, 6.45) is 0.783. The van der Waals surface area contributed by atoms with Crippen LogP contribution in [0.15, 0.2) is 66.3 Å². The van der Waals surface area contributed by atoms with Gasteiger partial charge in [-0.3, -0.25) is 9.36 Å². The average molecular weight is 429 g/mol. The van der Waals surface area contributed by atoms with E-state index in [1.165, 1.54) is 11.8 Å². The summed E-state index contributed by atoms with van der Waals surface area (Å²) in [5.41, 5.74) is 2.21. The molecule has 0 bridgehead atoms. The Kier molecular flexibility index (Phi) is 7.09. The van der Waals surface area contributed by atoms with Crippen molar-refractivity contribution in [1.29, 1.82) is 0 Å². The molecule has 0 spiro atoms. The zero-order valence-electron chi connectivity index (χ0n) is 15.9. The number of carbonyl (C=O) groups excluding carboxylic acids is 1. The number of carbonyl (C=O) groups is 1. The van der Waals surface area contributed by atoms with Crippen molar-refractivity contribution in [3.8, 4) is 0 Å². The number of allylic oxidation sites excluding steroid dienone is 1. The Morgan fingerprint density at radius 2 is 2.03 bits per heavy atom. The molecular formula is C21H21ClN4O2S. The number of benzene rings is 2. The Bertz CT molecular complexity index is 1010. The Balaban J connectivity index is 1.72. The van der Waals surface area contributed by atoms with Crippen molar-refractivity contribution >= 4 is 35.0 Å². The number of hydrogen-bond donors (Lipinski definition) is 2. The highest BCUT2D eigenvalue weighted by Crippen LogP contribution is 2.26. The lowest BCUT2D eigenvalue weighted by Gasteiger charge is -2.13. The summed E-state index contributed by atoms with van der Waals surface area (Å²) in [5.74, 6) is 0.367. The second kappa shape index (κ2) is 9.73. The van der Waals surface area contributed by atoms with Crippen molar-refractivity contribution in [2.24, 2.45) is 0 Å². The predicted molar refractivity (Wildman–Crippen MR) is 116 cm³/mol. The lowest BCUT2D eigenvalue weighted by atomic mass is 10.1. The van der Waals surface area contributed by atoms with Crippen molar-refractivity contribution in [1.82, 2.24) is 14.8 Å². The number of anilines is 1. The molecule has 1 aromatic heterocycles. The quantitative estimate of drug-likeness (QED) is 0.414. The molecule has 0 aliphatic heterocycles. The Morgan fingerprint density at radius 3 is 2.76 bits per heavy atom. The van der Waals surface area contributed by atoms with Gasteiger partial charge >= 0.3 is 0 Å². The van der Waals surface area contributed by atoms with Crippen LogP contribution in [0.25, 0.3) is 0 Å². The van der Waals surface area contributed by atoms with Crippen molar-refractivity contribution in [2.75, 3.05) is 11.1 Å². The Labute approximate surface area is 178 Å². The van der Waals surface area contributed by atoms with E-state index in [-0.39, 0.29) is 11.7 Å². The Morgan fingerprint density at radius 1 is 1.28 bits per heavy atom. The molecule has 1 atom stereocenters. The fourth-order valence-electron chi connectivity index (χ4n) is 2.75. The van der Waals surface area contributed by atoms with Gasteiger partial charge in [-0.2, -0.15) is 0 Å². The standard InChI is InChI=1S/C21H21ClN4O2S/c1-3-12-26-20(19(28)15-8-5-4-6-9-15)24-25-21(26)29-13-18(27)23-17-11-7-10-16(22)14(17)2/h3-11,19,28H,1,12-13H2,2H3,(H,23,27). The lowest BCUT2D eigenvalue weighted by molar-refractivity contribution is -0.113. The number of hydrogen-bond acceptors (Lipinski definition) is 5. The summed E-state index contributed by atoms with van der Waals surface area (Å²) in [6.45, 7) is 6.03. The minimum Gasteiger partial charge on any atom is -0.380 e. The zero-order valence-corrected chi connectivity index (χ0v) is 17.5. The molecule has 0 saturated heterocycles. The molecule has 1 heterocycles. The molecule has 3 aromatic rings. The first-order valence-electron chi connectivity index (χ1n) is 8.96. The number of amides is 1. The van der Waals surface area contributed by atoms with Crippen molar-refractivity contribution in [3.05, 3.63) is 83.2 Å². The third kappa shape index (κ3) is 5.06. The van der Waals surface area contributed by atoms with E-state index < -0.39 is 6.10 Å². The minimum atomic E-state index is -0.916. The van der Waals surface area contributed by atoms with Gasteiger partial charge < -0.3 is 10.4 Å². The molecule has 29 heavy (non-hydrogen) atoms. The van der Waals surface area contributed by atoms with Gasteiger partial charge in [-0.15, -0.1) is 16.8 Å². The van der Waals surface area contributed by atoms with Crippen LogP contribution in [0.5, 0.6) is 0 Å². The van der Waals surface area contributed by atoms with Gasteiger partial charge in [0.15, 0.2) is 11.0 Å². The number of aliphatic hydroxyl groups is 1. The van der Waals surface area contributed by atoms with E-state index in [2.05, 4.69) is 22.1 Å². The van der Waals surface area contributed by atoms with Gasteiger partial charge in [0, 0.05) is 17.3 Å². The summed E-state index contributed by atoms with van der Waals surface area (Å²) < 4.78 is 1.76. The molecule has 6 nitrogen and oxygen atoms in total. The van der Waals surface area contributed by atoms with Crippen LogP contribution >= 0.6 is 23.4 Å². The SMILES string of the molecule is C=CCn1c(SCC(=O)Nc2cccc(Cl)c2C)nnc1C(O)c1ccccc1. The predicted octanol–water partition coefficient (Wildman–Crippen LogP) is 4.24. The molecule has 0 aliphatic carbocycles. The van der Waals surface area contributed by atoms with Crippen LogP contribution in [-0.4, -0.2) is 31.5 Å². The summed E-state index contributed by atoms with van der Waals surface area (Å²) in [6, 6.07) is 14.6. The second-order valence-corrected chi connectivity index (χ2v) is 7.65. The first-order valence-corrected chi connectivity index (χ1v) is 10.3. The fraction of sp³-hybridized carbons (Fsp3) is 0.190. The van der Waals surface area contributed by atoms with Gasteiger partial charge in [-0.1, -0.05) is 65.8 Å². The monoisotopic (exact) mass is 428 g/mol. The van der Waals surface area contributed by atoms with Crippen LogP contribution in [0.3, 0.4) is 0 Å². The van der Waals surface area contributed by atoms with Crippen molar-refractivity contribution < 1.29 is 9.90 Å². The van der Waals surface area contributed by atoms with E-state index in [9.17, 15) is 9.90 Å². The van der Waals surface area contributed by atoms with Crippen LogP contribution in [0, 0.1) is 6.92 Å². The maximum Gasteiger partial charge on any atom is 0.234 e. The molecular weight excluding hydrogens is 408 g/mol. The molecule has 2 N–H and O–H groups in total. The van der Waals surface area contributed by atoms with Crippen LogP contribution < -0.4 is 5.32 Å². The summed E-state index contributed by atoms with van der Waals surface area (Å²) in [7, 11) is 0. The van der Waals surface area contributed by atoms with E-state index >= 15 is 0 Å². The third-order valence-electron chi connectivity index (χ3n) is 4.29. The van der Waals surface area contributed by atoms with Gasteiger partial charge in [0.05, 0.1) is 5.75 Å². The maximum absolute atomic E-state index is 12.4. The third-order valence-corrected chi connectivity index (χ3v) is 5.67. The Hall–Kier alpha value is -2.61. The van der Waals surface area contributed by atoms with Crippen LogP contribution in [0.1, 0.15) is 23.1 Å².